The number of fused-ring (bicyclic) bond motifs is 1. The molecular formula is C55H72F2N14O14. The second-order valence-corrected chi connectivity index (χ2v) is 21.1. The second kappa shape index (κ2) is 31.7. The molecule has 0 saturated carbocycles. The van der Waals surface area contributed by atoms with Crippen LogP contribution in [-0.4, -0.2) is 258 Å². The molecule has 5 heterocycles. The zero-order valence-corrected chi connectivity index (χ0v) is 47.0. The lowest BCUT2D eigenvalue weighted by molar-refractivity contribution is -0.140. The number of amides is 6. The van der Waals surface area contributed by atoms with E-state index < -0.39 is 60.6 Å². The summed E-state index contributed by atoms with van der Waals surface area (Å²) in [5.74, 6) is -8.52. The van der Waals surface area contributed by atoms with Gasteiger partial charge < -0.3 is 55.5 Å². The number of carboxylic acid groups (broad SMARTS) is 2. The van der Waals surface area contributed by atoms with Gasteiger partial charge in [0.05, 0.1) is 71.4 Å². The van der Waals surface area contributed by atoms with E-state index in [0.29, 0.717) is 88.7 Å². The lowest BCUT2D eigenvalue weighted by atomic mass is 9.99. The third-order valence-electron chi connectivity index (χ3n) is 14.9. The Morgan fingerprint density at radius 1 is 0.788 bits per heavy atom. The number of likely N-dealkylation sites (tertiary alicyclic amines) is 1. The van der Waals surface area contributed by atoms with Crippen molar-refractivity contribution >= 4 is 53.9 Å². The Bertz CT molecular complexity index is 2880. The average Bonchev–Trinajstić information content (AvgIpc) is 3.47. The van der Waals surface area contributed by atoms with Crippen molar-refractivity contribution < 1.29 is 76.4 Å². The van der Waals surface area contributed by atoms with Crippen molar-refractivity contribution in [3.05, 3.63) is 70.9 Å². The van der Waals surface area contributed by atoms with Crippen molar-refractivity contribution in [2.75, 3.05) is 131 Å². The third-order valence-corrected chi connectivity index (χ3v) is 14.9. The molecule has 30 heteroatoms. The first-order valence-electron chi connectivity index (χ1n) is 28.0. The van der Waals surface area contributed by atoms with Gasteiger partial charge in [-0.1, -0.05) is 35.5 Å². The first kappa shape index (κ1) is 64.5. The number of carbonyl (C=O) groups excluding carboxylic acids is 7. The highest BCUT2D eigenvalue weighted by molar-refractivity contribution is 5.95. The van der Waals surface area contributed by atoms with Crippen molar-refractivity contribution in [3.63, 3.8) is 0 Å². The smallest absolute Gasteiger partial charge is 0.317 e. The second-order valence-electron chi connectivity index (χ2n) is 21.1. The van der Waals surface area contributed by atoms with E-state index in [2.05, 4.69) is 31.6 Å². The number of nitrogens with one attached hydrogen (secondary N) is 4. The van der Waals surface area contributed by atoms with Gasteiger partial charge in [0.25, 0.3) is 18.3 Å². The van der Waals surface area contributed by atoms with Crippen molar-refractivity contribution in [3.8, 4) is 17.3 Å². The molecule has 85 heavy (non-hydrogen) atoms. The van der Waals surface area contributed by atoms with Gasteiger partial charge in [-0.05, 0) is 35.2 Å². The van der Waals surface area contributed by atoms with E-state index in [1.54, 1.807) is 55.9 Å². The van der Waals surface area contributed by atoms with Gasteiger partial charge in [-0.15, -0.1) is 5.10 Å². The SMILES string of the molecule is N#C[C@@H]1CC(F)(F)CN1C(=O)[C@@H]1C[C@@H](CC(=O)N2Cc3cccc(Cn4cc(-c5ccc(C(=O)NCCNC(=O)CCOCCOCCNC(=O)CN6CCN(COC=O)CCN(CC(=O)O)CCN(CC(=O)O)CC6)cc5)nn4)c3C2)C(=O)N1. The number of hydrogen-bond acceptors (Lipinski definition) is 19. The monoisotopic (exact) mass is 1190 g/mol. The fourth-order valence-corrected chi connectivity index (χ4v) is 10.4. The third kappa shape index (κ3) is 20.0. The highest BCUT2D eigenvalue weighted by Crippen LogP contribution is 2.34. The number of ether oxygens (including phenoxy) is 3. The van der Waals surface area contributed by atoms with E-state index in [0.717, 1.165) is 21.6 Å². The van der Waals surface area contributed by atoms with Crippen LogP contribution < -0.4 is 21.3 Å². The van der Waals surface area contributed by atoms with Crippen LogP contribution in [0.4, 0.5) is 8.78 Å². The van der Waals surface area contributed by atoms with E-state index in [1.807, 2.05) is 28.0 Å². The van der Waals surface area contributed by atoms with Crippen LogP contribution in [0.2, 0.25) is 0 Å². The standard InChI is InChI=1S/C55H72F2N14O14/c56-55(57)26-43(27-58)71(35-55)54(82)45-24-42(53(81)62-45)25-49(75)69-28-40-2-1-3-41(44(40)30-69)29-70-31-46(63-64-70)38-4-6-39(7-5-38)52(80)61-10-9-59-47(73)8-20-83-22-23-84-21-11-60-48(74)32-65-12-13-66(33-50(76)77)14-15-67(34-51(78)79)17-19-68(18-16-65)36-85-37-72/h1-7,31,37,42-43,45H,8-26,28-30,32-36H2,(H,59,73)(H,60,74)(H,61,80)(H,62,81)(H,76,77)(H,78,79)/t42-,43-,45-/m0/s1. The van der Waals surface area contributed by atoms with Gasteiger partial charge in [0.2, 0.25) is 29.5 Å². The highest BCUT2D eigenvalue weighted by Gasteiger charge is 2.50. The van der Waals surface area contributed by atoms with Crippen LogP contribution in [0.15, 0.2) is 48.7 Å². The Hall–Kier alpha value is -8.08. The Labute approximate surface area is 488 Å². The lowest BCUT2D eigenvalue weighted by Gasteiger charge is -2.32. The van der Waals surface area contributed by atoms with Gasteiger partial charge in [0.15, 0.2) is 0 Å². The number of carbonyl (C=O) groups is 9. The molecule has 0 unspecified atom stereocenters. The minimum atomic E-state index is -3.20. The number of halogens is 2. The maximum atomic E-state index is 14.0. The number of carboxylic acids is 2. The van der Waals surface area contributed by atoms with Crippen molar-refractivity contribution in [1.82, 2.24) is 65.7 Å². The summed E-state index contributed by atoms with van der Waals surface area (Å²) < 4.78 is 45.7. The van der Waals surface area contributed by atoms with Crippen molar-refractivity contribution in [2.24, 2.45) is 5.92 Å². The summed E-state index contributed by atoms with van der Waals surface area (Å²) in [5, 5.41) is 47.6. The molecule has 0 spiro atoms. The zero-order chi connectivity index (χ0) is 60.9. The highest BCUT2D eigenvalue weighted by atomic mass is 19.3. The predicted molar refractivity (Wildman–Crippen MR) is 293 cm³/mol. The first-order chi connectivity index (χ1) is 40.9. The van der Waals surface area contributed by atoms with Gasteiger partial charge in [0.1, 0.15) is 24.5 Å². The molecular weight excluding hydrogens is 1120 g/mol. The van der Waals surface area contributed by atoms with Crippen LogP contribution in [0, 0.1) is 17.2 Å². The number of nitrogens with zero attached hydrogens (tertiary/aromatic N) is 10. The quantitative estimate of drug-likeness (QED) is 0.0352. The van der Waals surface area contributed by atoms with E-state index in [4.69, 9.17) is 14.2 Å². The minimum absolute atomic E-state index is 0.0143. The van der Waals surface area contributed by atoms with Gasteiger partial charge in [-0.25, -0.2) is 13.5 Å². The number of aromatic nitrogens is 3. The Morgan fingerprint density at radius 3 is 2.08 bits per heavy atom. The maximum absolute atomic E-state index is 14.0. The number of aliphatic carboxylic acids is 2. The summed E-state index contributed by atoms with van der Waals surface area (Å²) in [4.78, 5) is 121. The number of rotatable bonds is 28. The Kier molecular flexibility index (Phi) is 24.1. The van der Waals surface area contributed by atoms with Crippen molar-refractivity contribution in [1.29, 1.82) is 5.26 Å². The Morgan fingerprint density at radius 2 is 1.42 bits per heavy atom. The van der Waals surface area contributed by atoms with Gasteiger partial charge in [-0.2, -0.15) is 5.26 Å². The van der Waals surface area contributed by atoms with E-state index >= 15 is 0 Å². The van der Waals surface area contributed by atoms with Crippen LogP contribution in [0.25, 0.3) is 11.3 Å². The number of alkyl halides is 2. The summed E-state index contributed by atoms with van der Waals surface area (Å²) in [6, 6.07) is 11.9. The van der Waals surface area contributed by atoms with Crippen LogP contribution in [0.1, 0.15) is 52.7 Å². The summed E-state index contributed by atoms with van der Waals surface area (Å²) >= 11 is 0. The fraction of sp³-hybridized carbons (Fsp3) is 0.564. The maximum Gasteiger partial charge on any atom is 0.317 e. The van der Waals surface area contributed by atoms with E-state index in [-0.39, 0.29) is 122 Å². The summed E-state index contributed by atoms with van der Waals surface area (Å²) in [6.45, 7) is 4.02. The van der Waals surface area contributed by atoms with Gasteiger partial charge >= 0.3 is 11.9 Å². The molecule has 3 fully saturated rings. The fourth-order valence-electron chi connectivity index (χ4n) is 10.4. The molecule has 28 nitrogen and oxygen atoms in total. The molecule has 4 aliphatic rings. The molecule has 6 amide bonds. The van der Waals surface area contributed by atoms with Crippen LogP contribution >= 0.6 is 0 Å². The van der Waals surface area contributed by atoms with Crippen LogP contribution in [-0.2, 0) is 72.2 Å². The average molecular weight is 1190 g/mol. The van der Waals surface area contributed by atoms with Crippen LogP contribution in [0.3, 0.4) is 0 Å². The van der Waals surface area contributed by atoms with Gasteiger partial charge in [-0.3, -0.25) is 62.8 Å². The molecule has 1 aromatic heterocycles. The molecule has 6 N–H and O–H groups in total. The Balaban J connectivity index is 0.736. The first-order valence-corrected chi connectivity index (χ1v) is 28.0. The molecule has 0 aliphatic carbocycles. The largest absolute Gasteiger partial charge is 0.480 e. The molecule has 4 aliphatic heterocycles. The number of nitriles is 1. The minimum Gasteiger partial charge on any atom is -0.480 e. The van der Waals surface area contributed by atoms with Crippen molar-refractivity contribution in [2.45, 2.75) is 63.3 Å². The topological polar surface area (TPSA) is 344 Å². The van der Waals surface area contributed by atoms with E-state index in [1.165, 1.54) is 0 Å². The number of benzene rings is 2. The normalized spacial score (nSPS) is 19.6. The molecule has 7 rings (SSSR count). The zero-order valence-electron chi connectivity index (χ0n) is 47.0. The predicted octanol–water partition coefficient (Wildman–Crippen LogP) is -1.60. The molecule has 3 aromatic rings. The number of hydrogen-bond donors (Lipinski definition) is 6. The van der Waals surface area contributed by atoms with Gasteiger partial charge in [0, 0.05) is 121 Å². The van der Waals surface area contributed by atoms with E-state index in [9.17, 15) is 67.4 Å². The molecule has 3 atom stereocenters. The lowest BCUT2D eigenvalue weighted by Crippen LogP contribution is -2.49. The molecule has 460 valence electrons. The summed E-state index contributed by atoms with van der Waals surface area (Å²) in [7, 11) is 0. The summed E-state index contributed by atoms with van der Waals surface area (Å²) in [6.07, 6.45) is 0.867. The van der Waals surface area contributed by atoms with Crippen LogP contribution in [0.5, 0.6) is 0 Å². The molecule has 0 radical (unpaired) electrons. The molecule has 0 bridgehead atoms. The molecule has 2 aromatic carbocycles. The summed E-state index contributed by atoms with van der Waals surface area (Å²) in [5.41, 5.74) is 4.43. The molecule has 3 saturated heterocycles.